The van der Waals surface area contributed by atoms with Gasteiger partial charge in [-0.05, 0) is 12.5 Å². The third-order valence-corrected chi connectivity index (χ3v) is 1.57. The minimum absolute atomic E-state index is 0.0680. The van der Waals surface area contributed by atoms with Crippen LogP contribution in [-0.4, -0.2) is 19.1 Å². The molecule has 0 aromatic heterocycles. The number of nitrogens with one attached hydrogen (secondary N) is 1. The highest BCUT2D eigenvalue weighted by Crippen LogP contribution is 2.07. The molecule has 0 aromatic carbocycles. The Balaban J connectivity index is 2.23. The molecule has 0 saturated carbocycles. The van der Waals surface area contributed by atoms with Crippen LogP contribution in [0.4, 0.5) is 0 Å². The van der Waals surface area contributed by atoms with E-state index in [1.807, 2.05) is 6.92 Å². The fraction of sp³-hybridized carbons (Fsp3) is 0.625. The van der Waals surface area contributed by atoms with Crippen molar-refractivity contribution in [2.75, 3.05) is 13.2 Å². The summed E-state index contributed by atoms with van der Waals surface area (Å²) in [7, 11) is 0. The van der Waals surface area contributed by atoms with Gasteiger partial charge in [0, 0.05) is 6.54 Å². The molecule has 3 nitrogen and oxygen atoms in total. The van der Waals surface area contributed by atoms with Gasteiger partial charge in [-0.3, -0.25) is 4.79 Å². The van der Waals surface area contributed by atoms with E-state index in [4.69, 9.17) is 4.74 Å². The molecule has 0 aromatic rings. The fourth-order valence-corrected chi connectivity index (χ4v) is 0.908. The number of carbonyl (C=O) groups is 1. The van der Waals surface area contributed by atoms with E-state index >= 15 is 0 Å². The van der Waals surface area contributed by atoms with E-state index in [1.165, 1.54) is 0 Å². The quantitative estimate of drug-likeness (QED) is 0.650. The number of hydrogen-bond donors (Lipinski definition) is 1. The van der Waals surface area contributed by atoms with E-state index in [-0.39, 0.29) is 11.8 Å². The summed E-state index contributed by atoms with van der Waals surface area (Å²) < 4.78 is 4.92. The number of hydrogen-bond acceptors (Lipinski definition) is 2. The van der Waals surface area contributed by atoms with Gasteiger partial charge in [-0.1, -0.05) is 6.92 Å². The lowest BCUT2D eigenvalue weighted by Gasteiger charge is -2.06. The topological polar surface area (TPSA) is 38.3 Å². The average molecular weight is 155 g/mol. The summed E-state index contributed by atoms with van der Waals surface area (Å²) in [4.78, 5) is 11.2. The minimum Gasteiger partial charge on any atom is -0.500 e. The van der Waals surface area contributed by atoms with Crippen LogP contribution in [0, 0.1) is 5.92 Å². The molecule has 62 valence electrons. The highest BCUT2D eigenvalue weighted by molar-refractivity contribution is 5.80. The maximum Gasteiger partial charge on any atom is 0.230 e. The van der Waals surface area contributed by atoms with Crippen molar-refractivity contribution in [1.82, 2.24) is 5.32 Å². The summed E-state index contributed by atoms with van der Waals surface area (Å²) in [6.07, 6.45) is 4.34. The minimum atomic E-state index is -0.0680. The van der Waals surface area contributed by atoms with Gasteiger partial charge in [0.15, 0.2) is 0 Å². The van der Waals surface area contributed by atoms with Crippen LogP contribution in [0.15, 0.2) is 12.3 Å². The molecule has 1 heterocycles. The number of rotatable bonds is 3. The lowest BCUT2D eigenvalue weighted by molar-refractivity contribution is -0.124. The molecule has 1 aliphatic rings. The Hall–Kier alpha value is -0.990. The maximum atomic E-state index is 11.2. The van der Waals surface area contributed by atoms with E-state index in [2.05, 4.69) is 5.32 Å². The van der Waals surface area contributed by atoms with Crippen LogP contribution >= 0.6 is 0 Å². The summed E-state index contributed by atoms with van der Waals surface area (Å²) in [6, 6.07) is 0. The molecule has 0 bridgehead atoms. The second-order valence-corrected chi connectivity index (χ2v) is 2.56. The van der Waals surface area contributed by atoms with E-state index in [9.17, 15) is 4.79 Å². The van der Waals surface area contributed by atoms with Gasteiger partial charge in [-0.15, -0.1) is 0 Å². The zero-order valence-electron chi connectivity index (χ0n) is 6.67. The number of ether oxygens (including phenoxy) is 1. The van der Waals surface area contributed by atoms with Crippen LogP contribution in [0.3, 0.4) is 0 Å². The van der Waals surface area contributed by atoms with E-state index in [0.717, 1.165) is 13.0 Å². The molecule has 1 unspecified atom stereocenters. The Morgan fingerprint density at radius 3 is 3.18 bits per heavy atom. The molecular weight excluding hydrogens is 142 g/mol. The molecule has 0 fully saturated rings. The molecule has 1 rings (SSSR count). The summed E-state index contributed by atoms with van der Waals surface area (Å²) in [5.74, 6) is 0.00199. The van der Waals surface area contributed by atoms with Crippen LogP contribution in [-0.2, 0) is 9.53 Å². The lowest BCUT2D eigenvalue weighted by atomic mass is 10.1. The maximum absolute atomic E-state index is 11.2. The van der Waals surface area contributed by atoms with Crippen molar-refractivity contribution in [3.63, 3.8) is 0 Å². The van der Waals surface area contributed by atoms with Crippen molar-refractivity contribution in [1.29, 1.82) is 0 Å². The van der Waals surface area contributed by atoms with Crippen molar-refractivity contribution in [3.8, 4) is 0 Å². The molecule has 0 aliphatic carbocycles. The normalized spacial score (nSPS) is 21.4. The van der Waals surface area contributed by atoms with Crippen LogP contribution in [0.25, 0.3) is 0 Å². The molecule has 0 saturated heterocycles. The molecule has 1 amide bonds. The van der Waals surface area contributed by atoms with Gasteiger partial charge in [0.2, 0.25) is 5.91 Å². The molecule has 1 aliphatic heterocycles. The molecule has 3 heteroatoms. The third kappa shape index (κ3) is 2.26. The van der Waals surface area contributed by atoms with Crippen LogP contribution < -0.4 is 5.32 Å². The van der Waals surface area contributed by atoms with Gasteiger partial charge in [0.25, 0.3) is 0 Å². The first-order chi connectivity index (χ1) is 5.34. The number of amides is 1. The fourth-order valence-electron chi connectivity index (χ4n) is 0.908. The van der Waals surface area contributed by atoms with Gasteiger partial charge >= 0.3 is 0 Å². The van der Waals surface area contributed by atoms with Crippen molar-refractivity contribution >= 4 is 5.91 Å². The summed E-state index contributed by atoms with van der Waals surface area (Å²) in [6.45, 7) is 3.28. The van der Waals surface area contributed by atoms with Crippen molar-refractivity contribution in [2.24, 2.45) is 5.92 Å². The Kier molecular flexibility index (Phi) is 2.95. The highest BCUT2D eigenvalue weighted by atomic mass is 16.5. The first kappa shape index (κ1) is 8.11. The van der Waals surface area contributed by atoms with E-state index in [1.54, 1.807) is 12.3 Å². The van der Waals surface area contributed by atoms with Crippen molar-refractivity contribution in [3.05, 3.63) is 12.3 Å². The summed E-state index contributed by atoms with van der Waals surface area (Å²) >= 11 is 0. The Labute approximate surface area is 66.4 Å². The summed E-state index contributed by atoms with van der Waals surface area (Å²) in [5.41, 5.74) is 0. The predicted molar refractivity (Wildman–Crippen MR) is 41.9 cm³/mol. The second kappa shape index (κ2) is 4.01. The van der Waals surface area contributed by atoms with Crippen LogP contribution in [0.1, 0.15) is 13.3 Å². The first-order valence-electron chi connectivity index (χ1n) is 3.90. The number of carbonyl (C=O) groups excluding carboxylic acids is 1. The van der Waals surface area contributed by atoms with Crippen molar-refractivity contribution < 1.29 is 9.53 Å². The molecule has 11 heavy (non-hydrogen) atoms. The van der Waals surface area contributed by atoms with Gasteiger partial charge in [-0.25, -0.2) is 0 Å². The highest BCUT2D eigenvalue weighted by Gasteiger charge is 2.18. The zero-order valence-corrected chi connectivity index (χ0v) is 6.67. The molecule has 0 spiro atoms. The largest absolute Gasteiger partial charge is 0.500 e. The Bertz CT molecular complexity index is 165. The SMILES string of the molecule is CCCNC(=O)C1C=COC1. The van der Waals surface area contributed by atoms with E-state index < -0.39 is 0 Å². The van der Waals surface area contributed by atoms with Crippen molar-refractivity contribution in [2.45, 2.75) is 13.3 Å². The first-order valence-corrected chi connectivity index (χ1v) is 3.90. The average Bonchev–Trinajstić information content (AvgIpc) is 2.52. The van der Waals surface area contributed by atoms with Gasteiger partial charge in [0.05, 0.1) is 12.2 Å². The van der Waals surface area contributed by atoms with Crippen LogP contribution in [0.5, 0.6) is 0 Å². The van der Waals surface area contributed by atoms with Gasteiger partial charge in [0.1, 0.15) is 6.61 Å². The van der Waals surface area contributed by atoms with Crippen LogP contribution in [0.2, 0.25) is 0 Å². The molecular formula is C8H13NO2. The predicted octanol–water partition coefficient (Wildman–Crippen LogP) is 0.673. The van der Waals surface area contributed by atoms with E-state index in [0.29, 0.717) is 6.61 Å². The molecule has 1 N–H and O–H groups in total. The smallest absolute Gasteiger partial charge is 0.230 e. The zero-order chi connectivity index (χ0) is 8.10. The standard InChI is InChI=1S/C8H13NO2/c1-2-4-9-8(10)7-3-5-11-6-7/h3,5,7H,2,4,6H2,1H3,(H,9,10). The molecule has 1 atom stereocenters. The Morgan fingerprint density at radius 1 is 1.82 bits per heavy atom. The monoisotopic (exact) mass is 155 g/mol. The van der Waals surface area contributed by atoms with Gasteiger partial charge in [-0.2, -0.15) is 0 Å². The molecule has 0 radical (unpaired) electrons. The summed E-state index contributed by atoms with van der Waals surface area (Å²) in [5, 5.41) is 2.80. The second-order valence-electron chi connectivity index (χ2n) is 2.56. The lowest BCUT2D eigenvalue weighted by Crippen LogP contribution is -2.31. The third-order valence-electron chi connectivity index (χ3n) is 1.57. The van der Waals surface area contributed by atoms with Gasteiger partial charge < -0.3 is 10.1 Å². The Morgan fingerprint density at radius 2 is 2.64 bits per heavy atom.